The van der Waals surface area contributed by atoms with Crippen molar-refractivity contribution in [3.63, 3.8) is 0 Å². The topological polar surface area (TPSA) is 12.0 Å². The van der Waals surface area contributed by atoms with Gasteiger partial charge in [-0.15, -0.1) is 0 Å². The Balaban J connectivity index is 1.96. The molecule has 0 spiro atoms. The molecule has 1 aromatic rings. The van der Waals surface area contributed by atoms with Gasteiger partial charge in [0.05, 0.1) is 0 Å². The van der Waals surface area contributed by atoms with Gasteiger partial charge in [0, 0.05) is 6.54 Å². The van der Waals surface area contributed by atoms with E-state index in [-0.39, 0.29) is 0 Å². The Bertz CT molecular complexity index is 293. The minimum atomic E-state index is 0.762. The molecule has 0 fully saturated rings. The van der Waals surface area contributed by atoms with Gasteiger partial charge in [-0.3, -0.25) is 0 Å². The predicted octanol–water partition coefficient (Wildman–Crippen LogP) is 2.72. The molecule has 0 radical (unpaired) electrons. The van der Waals surface area contributed by atoms with E-state index in [1.165, 1.54) is 19.3 Å². The summed E-state index contributed by atoms with van der Waals surface area (Å²) in [4.78, 5) is 0. The lowest BCUT2D eigenvalue weighted by atomic mass is 10.0. The van der Waals surface area contributed by atoms with Gasteiger partial charge in [-0.25, -0.2) is 0 Å². The molecule has 1 aromatic carbocycles. The molecule has 76 valence electrons. The highest BCUT2D eigenvalue weighted by Crippen LogP contribution is 2.31. The lowest BCUT2D eigenvalue weighted by Crippen LogP contribution is -2.20. The average Bonchev–Trinajstić information content (AvgIpc) is 2.63. The summed E-state index contributed by atoms with van der Waals surface area (Å²) in [6.07, 6.45) is 3.83. The van der Waals surface area contributed by atoms with Crippen molar-refractivity contribution in [2.75, 3.05) is 13.1 Å². The van der Waals surface area contributed by atoms with E-state index < -0.39 is 0 Å². The summed E-state index contributed by atoms with van der Waals surface area (Å²) in [5.41, 5.74) is 3.15. The van der Waals surface area contributed by atoms with Crippen LogP contribution in [0.25, 0.3) is 0 Å². The normalized spacial score (nSPS) is 19.6. The maximum absolute atomic E-state index is 3.52. The van der Waals surface area contributed by atoms with Crippen molar-refractivity contribution in [2.24, 2.45) is 0 Å². The van der Waals surface area contributed by atoms with Crippen LogP contribution in [0.4, 0.5) is 0 Å². The Morgan fingerprint density at radius 3 is 3.07 bits per heavy atom. The van der Waals surface area contributed by atoms with Crippen LogP contribution in [0.15, 0.2) is 24.3 Å². The Hall–Kier alpha value is -0.820. The second-order valence-electron chi connectivity index (χ2n) is 4.14. The quantitative estimate of drug-likeness (QED) is 0.718. The summed E-state index contributed by atoms with van der Waals surface area (Å²) in [6, 6.07) is 8.88. The number of fused-ring (bicyclic) bond motifs is 1. The van der Waals surface area contributed by atoms with Crippen LogP contribution >= 0.6 is 0 Å². The zero-order valence-corrected chi connectivity index (χ0v) is 8.92. The molecule has 0 bridgehead atoms. The number of hydrogen-bond acceptors (Lipinski definition) is 1. The molecule has 1 aliphatic carbocycles. The number of hydrogen-bond donors (Lipinski definition) is 1. The van der Waals surface area contributed by atoms with E-state index in [1.54, 1.807) is 11.1 Å². The first-order valence-electron chi connectivity index (χ1n) is 5.70. The largest absolute Gasteiger partial charge is 0.316 e. The van der Waals surface area contributed by atoms with Crippen LogP contribution in [0.1, 0.15) is 36.8 Å². The first-order chi connectivity index (χ1) is 6.92. The molecule has 1 atom stereocenters. The van der Waals surface area contributed by atoms with Crippen LogP contribution in [-0.2, 0) is 6.42 Å². The van der Waals surface area contributed by atoms with Gasteiger partial charge in [-0.2, -0.15) is 0 Å². The highest BCUT2D eigenvalue weighted by atomic mass is 14.9. The van der Waals surface area contributed by atoms with Gasteiger partial charge in [0.15, 0.2) is 0 Å². The van der Waals surface area contributed by atoms with Gasteiger partial charge in [-0.1, -0.05) is 31.2 Å². The highest BCUT2D eigenvalue weighted by molar-refractivity contribution is 5.34. The SMILES string of the molecule is CCCNCC1CCc2ccccc21. The summed E-state index contributed by atoms with van der Waals surface area (Å²) in [5.74, 6) is 0.762. The van der Waals surface area contributed by atoms with Crippen molar-refractivity contribution in [3.8, 4) is 0 Å². The smallest absolute Gasteiger partial charge is 0.00203 e. The molecule has 1 N–H and O–H groups in total. The van der Waals surface area contributed by atoms with E-state index in [2.05, 4.69) is 36.5 Å². The number of rotatable bonds is 4. The van der Waals surface area contributed by atoms with Gasteiger partial charge in [0.25, 0.3) is 0 Å². The van der Waals surface area contributed by atoms with E-state index in [0.717, 1.165) is 19.0 Å². The molecule has 2 rings (SSSR count). The molecule has 0 amide bonds. The lowest BCUT2D eigenvalue weighted by Gasteiger charge is -2.11. The van der Waals surface area contributed by atoms with E-state index in [1.807, 2.05) is 0 Å². The second kappa shape index (κ2) is 4.61. The molecule has 1 aliphatic rings. The Labute approximate surface area is 86.5 Å². The van der Waals surface area contributed by atoms with Crippen molar-refractivity contribution in [1.82, 2.24) is 5.32 Å². The third-order valence-electron chi connectivity index (χ3n) is 3.07. The van der Waals surface area contributed by atoms with Crippen molar-refractivity contribution < 1.29 is 0 Å². The fraction of sp³-hybridized carbons (Fsp3) is 0.538. The van der Waals surface area contributed by atoms with Gasteiger partial charge < -0.3 is 5.32 Å². The van der Waals surface area contributed by atoms with Gasteiger partial charge >= 0.3 is 0 Å². The summed E-state index contributed by atoms with van der Waals surface area (Å²) in [5, 5.41) is 3.52. The summed E-state index contributed by atoms with van der Waals surface area (Å²) >= 11 is 0. The minimum Gasteiger partial charge on any atom is -0.316 e. The van der Waals surface area contributed by atoms with Crippen LogP contribution in [-0.4, -0.2) is 13.1 Å². The maximum atomic E-state index is 3.52. The molecule has 0 aromatic heterocycles. The van der Waals surface area contributed by atoms with Crippen molar-refractivity contribution >= 4 is 0 Å². The van der Waals surface area contributed by atoms with E-state index >= 15 is 0 Å². The molecule has 0 saturated carbocycles. The molecule has 1 heteroatoms. The van der Waals surface area contributed by atoms with Crippen LogP contribution in [0.3, 0.4) is 0 Å². The molecule has 0 saturated heterocycles. The number of nitrogens with one attached hydrogen (secondary N) is 1. The summed E-state index contributed by atoms with van der Waals surface area (Å²) in [6.45, 7) is 4.53. The zero-order chi connectivity index (χ0) is 9.80. The van der Waals surface area contributed by atoms with E-state index in [9.17, 15) is 0 Å². The Morgan fingerprint density at radius 2 is 2.21 bits per heavy atom. The van der Waals surface area contributed by atoms with Crippen LogP contribution in [0.5, 0.6) is 0 Å². The molecule has 0 aliphatic heterocycles. The first-order valence-corrected chi connectivity index (χ1v) is 5.70. The monoisotopic (exact) mass is 189 g/mol. The third-order valence-corrected chi connectivity index (χ3v) is 3.07. The summed E-state index contributed by atoms with van der Waals surface area (Å²) in [7, 11) is 0. The minimum absolute atomic E-state index is 0.762. The lowest BCUT2D eigenvalue weighted by molar-refractivity contribution is 0.576. The molecule has 0 heterocycles. The average molecular weight is 189 g/mol. The van der Waals surface area contributed by atoms with E-state index in [4.69, 9.17) is 0 Å². The first kappa shape index (κ1) is 9.72. The van der Waals surface area contributed by atoms with E-state index in [0.29, 0.717) is 0 Å². The van der Waals surface area contributed by atoms with Gasteiger partial charge in [0.1, 0.15) is 0 Å². The number of benzene rings is 1. The standard InChI is InChI=1S/C13H19N/c1-2-9-14-10-12-8-7-11-5-3-4-6-13(11)12/h3-6,12,14H,2,7-10H2,1H3. The zero-order valence-electron chi connectivity index (χ0n) is 8.92. The van der Waals surface area contributed by atoms with Crippen molar-refractivity contribution in [3.05, 3.63) is 35.4 Å². The predicted molar refractivity (Wildman–Crippen MR) is 60.7 cm³/mol. The van der Waals surface area contributed by atoms with Gasteiger partial charge in [-0.05, 0) is 42.9 Å². The molecular formula is C13H19N. The van der Waals surface area contributed by atoms with Crippen LogP contribution in [0.2, 0.25) is 0 Å². The van der Waals surface area contributed by atoms with Crippen molar-refractivity contribution in [1.29, 1.82) is 0 Å². The fourth-order valence-electron chi connectivity index (χ4n) is 2.31. The fourth-order valence-corrected chi connectivity index (χ4v) is 2.31. The van der Waals surface area contributed by atoms with Gasteiger partial charge in [0.2, 0.25) is 0 Å². The van der Waals surface area contributed by atoms with Crippen molar-refractivity contribution in [2.45, 2.75) is 32.1 Å². The Morgan fingerprint density at radius 1 is 1.36 bits per heavy atom. The molecule has 1 nitrogen and oxygen atoms in total. The van der Waals surface area contributed by atoms with Crippen LogP contribution < -0.4 is 5.32 Å². The number of aryl methyl sites for hydroxylation is 1. The second-order valence-corrected chi connectivity index (χ2v) is 4.14. The molecule has 14 heavy (non-hydrogen) atoms. The molecule has 1 unspecified atom stereocenters. The Kier molecular flexibility index (Phi) is 3.20. The molecular weight excluding hydrogens is 170 g/mol. The van der Waals surface area contributed by atoms with Crippen LogP contribution in [0, 0.1) is 0 Å². The highest BCUT2D eigenvalue weighted by Gasteiger charge is 2.20. The summed E-state index contributed by atoms with van der Waals surface area (Å²) < 4.78 is 0. The maximum Gasteiger partial charge on any atom is 0.00203 e. The third kappa shape index (κ3) is 1.98.